The maximum atomic E-state index is 13.6. The zero-order valence-electron chi connectivity index (χ0n) is 15.8. The molecule has 4 nitrogen and oxygen atoms in total. The van der Waals surface area contributed by atoms with Crippen molar-refractivity contribution in [3.05, 3.63) is 64.4 Å². The van der Waals surface area contributed by atoms with Gasteiger partial charge in [0.25, 0.3) is 0 Å². The number of nitrogens with zero attached hydrogens (tertiary/aromatic N) is 2. The molecule has 0 radical (unpaired) electrons. The molecule has 8 heteroatoms. The summed E-state index contributed by atoms with van der Waals surface area (Å²) in [4.78, 5) is 2.11. The molecule has 2 aromatic carbocycles. The third-order valence-electron chi connectivity index (χ3n) is 3.90. The molecule has 1 N–H and O–H groups in total. The van der Waals surface area contributed by atoms with E-state index in [0.717, 1.165) is 31.3 Å². The summed E-state index contributed by atoms with van der Waals surface area (Å²) < 4.78 is 19.7. The molecule has 0 saturated heterocycles. The van der Waals surface area contributed by atoms with E-state index in [1.165, 1.54) is 6.07 Å². The van der Waals surface area contributed by atoms with Crippen LogP contribution >= 0.6 is 36.4 Å². The first-order valence-electron chi connectivity index (χ1n) is 8.47. The topological polar surface area (TPSA) is 48.3 Å². The summed E-state index contributed by atoms with van der Waals surface area (Å²) in [7, 11) is 4.05. The van der Waals surface area contributed by atoms with E-state index in [2.05, 4.69) is 10.2 Å². The lowest BCUT2D eigenvalue weighted by molar-refractivity contribution is 0.193. The fourth-order valence-corrected chi connectivity index (χ4v) is 2.64. The monoisotopic (exact) mass is 447 g/mol. The van der Waals surface area contributed by atoms with E-state index in [9.17, 15) is 9.65 Å². The van der Waals surface area contributed by atoms with Crippen LogP contribution in [0.3, 0.4) is 0 Å². The average Bonchev–Trinajstić information content (AvgIpc) is 2.63. The zero-order valence-corrected chi connectivity index (χ0v) is 18.2. The molecule has 0 aliphatic rings. The number of hydrogen-bond donors (Lipinski definition) is 1. The van der Waals surface area contributed by atoms with E-state index in [-0.39, 0.29) is 41.5 Å². The van der Waals surface area contributed by atoms with Crippen molar-refractivity contribution >= 4 is 36.4 Å². The third kappa shape index (κ3) is 8.22. The van der Waals surface area contributed by atoms with Crippen LogP contribution in [0, 0.1) is 17.1 Å². The lowest BCUT2D eigenvalue weighted by Crippen LogP contribution is -2.28. The first-order chi connectivity index (χ1) is 12.5. The highest BCUT2D eigenvalue weighted by atomic mass is 35.5. The second kappa shape index (κ2) is 13.6. The predicted molar refractivity (Wildman–Crippen MR) is 116 cm³/mol. The minimum absolute atomic E-state index is 0. The van der Waals surface area contributed by atoms with Crippen molar-refractivity contribution in [1.29, 1.82) is 5.26 Å². The van der Waals surface area contributed by atoms with Crippen molar-refractivity contribution in [2.75, 3.05) is 33.7 Å². The van der Waals surface area contributed by atoms with Gasteiger partial charge in [-0.3, -0.25) is 0 Å². The second-order valence-electron chi connectivity index (χ2n) is 6.23. The molecular weight excluding hydrogens is 424 g/mol. The number of likely N-dealkylation sites (N-methyl/N-ethyl adjacent to an activating group) is 1. The second-order valence-corrected chi connectivity index (χ2v) is 6.64. The Morgan fingerprint density at radius 2 is 1.86 bits per heavy atom. The lowest BCUT2D eigenvalue weighted by atomic mass is 10.1. The molecule has 0 aromatic heterocycles. The Hall–Kier alpha value is -1.55. The Kier molecular flexibility index (Phi) is 12.8. The van der Waals surface area contributed by atoms with Crippen LogP contribution in [-0.2, 0) is 0 Å². The minimum atomic E-state index is -0.628. The molecule has 0 heterocycles. The molecule has 2 aromatic rings. The summed E-state index contributed by atoms with van der Waals surface area (Å²) in [6.45, 7) is 2.58. The summed E-state index contributed by atoms with van der Waals surface area (Å²) in [5.74, 6) is -0.335. The van der Waals surface area contributed by atoms with Crippen LogP contribution in [0.25, 0.3) is 0 Å². The van der Waals surface area contributed by atoms with Gasteiger partial charge in [0.2, 0.25) is 0 Å². The Morgan fingerprint density at radius 3 is 2.46 bits per heavy atom. The summed E-state index contributed by atoms with van der Waals surface area (Å²) in [6.07, 6.45) is 0.439. The highest BCUT2D eigenvalue weighted by molar-refractivity contribution is 6.30. The van der Waals surface area contributed by atoms with Crippen molar-refractivity contribution in [3.63, 3.8) is 0 Å². The maximum Gasteiger partial charge on any atom is 0.143 e. The molecule has 1 unspecified atom stereocenters. The molecule has 0 aliphatic heterocycles. The average molecular weight is 449 g/mol. The van der Waals surface area contributed by atoms with E-state index >= 15 is 0 Å². The summed E-state index contributed by atoms with van der Waals surface area (Å²) >= 11 is 5.87. The fourth-order valence-electron chi connectivity index (χ4n) is 2.49. The molecule has 0 spiro atoms. The normalized spacial score (nSPS) is 11.1. The van der Waals surface area contributed by atoms with Crippen molar-refractivity contribution < 1.29 is 9.13 Å². The molecule has 0 aliphatic carbocycles. The summed E-state index contributed by atoms with van der Waals surface area (Å²) in [5.41, 5.74) is 1.12. The molecule has 0 bridgehead atoms. The van der Waals surface area contributed by atoms with E-state index in [1.54, 1.807) is 0 Å². The molecule has 1 atom stereocenters. The zero-order chi connectivity index (χ0) is 18.9. The van der Waals surface area contributed by atoms with Crippen molar-refractivity contribution in [2.45, 2.75) is 12.5 Å². The van der Waals surface area contributed by atoms with Gasteiger partial charge in [-0.1, -0.05) is 41.9 Å². The molecule has 28 heavy (non-hydrogen) atoms. The van der Waals surface area contributed by atoms with Gasteiger partial charge in [0, 0.05) is 25.6 Å². The van der Waals surface area contributed by atoms with Gasteiger partial charge in [-0.2, -0.15) is 5.26 Å². The van der Waals surface area contributed by atoms with Crippen molar-refractivity contribution in [3.8, 4) is 11.8 Å². The van der Waals surface area contributed by atoms with Crippen LogP contribution in [0.2, 0.25) is 5.02 Å². The van der Waals surface area contributed by atoms with E-state index in [4.69, 9.17) is 16.3 Å². The Bertz CT molecular complexity index is 754. The van der Waals surface area contributed by atoms with Gasteiger partial charge in [-0.05, 0) is 32.3 Å². The lowest BCUT2D eigenvalue weighted by Gasteiger charge is -2.21. The van der Waals surface area contributed by atoms with Crippen LogP contribution in [0.5, 0.6) is 5.75 Å². The van der Waals surface area contributed by atoms with Gasteiger partial charge < -0.3 is 15.0 Å². The number of nitrogens with one attached hydrogen (secondary N) is 1. The van der Waals surface area contributed by atoms with E-state index in [0.29, 0.717) is 12.2 Å². The number of benzene rings is 2. The first kappa shape index (κ1) is 26.4. The van der Waals surface area contributed by atoms with Gasteiger partial charge in [-0.15, -0.1) is 24.8 Å². The highest BCUT2D eigenvalue weighted by Gasteiger charge is 2.17. The summed E-state index contributed by atoms with van der Waals surface area (Å²) in [5, 5.41) is 12.6. The van der Waals surface area contributed by atoms with Gasteiger partial charge in [-0.25, -0.2) is 4.39 Å². The van der Waals surface area contributed by atoms with Crippen molar-refractivity contribution in [1.82, 2.24) is 10.2 Å². The SMILES string of the molecule is CN(C)CCNCCC(Oc1cc(Cl)c(F)cc1C#N)c1ccccc1.Cl.Cl. The van der Waals surface area contributed by atoms with E-state index in [1.807, 2.05) is 50.5 Å². The van der Waals surface area contributed by atoms with E-state index < -0.39 is 5.82 Å². The number of hydrogen-bond acceptors (Lipinski definition) is 4. The molecule has 0 amide bonds. The molecule has 0 saturated carbocycles. The third-order valence-corrected chi connectivity index (χ3v) is 4.19. The maximum absolute atomic E-state index is 13.6. The Balaban J connectivity index is 0.00000364. The van der Waals surface area contributed by atoms with Gasteiger partial charge in [0.05, 0.1) is 10.6 Å². The fraction of sp³-hybridized carbons (Fsp3) is 0.350. The predicted octanol–water partition coefficient (Wildman–Crippen LogP) is 4.86. The van der Waals surface area contributed by atoms with Gasteiger partial charge in [0.15, 0.2) is 0 Å². The molecule has 2 rings (SSSR count). The molecule has 154 valence electrons. The molecular formula is C20H25Cl3FN3O. The first-order valence-corrected chi connectivity index (χ1v) is 8.85. The standard InChI is InChI=1S/C20H23ClFN3O.2ClH/c1-25(2)11-10-24-9-8-19(15-6-4-3-5-7-15)26-20-13-17(21)18(22)12-16(20)14-23;;/h3-7,12-13,19,24H,8-11H2,1-2H3;2*1H. The number of ether oxygens (including phenoxy) is 1. The van der Waals surface area contributed by atoms with Gasteiger partial charge in [0.1, 0.15) is 23.7 Å². The number of nitriles is 1. The van der Waals surface area contributed by atoms with Crippen LogP contribution in [0.15, 0.2) is 42.5 Å². The largest absolute Gasteiger partial charge is 0.484 e. The Morgan fingerprint density at radius 1 is 1.18 bits per heavy atom. The molecule has 0 fully saturated rings. The minimum Gasteiger partial charge on any atom is -0.484 e. The summed E-state index contributed by atoms with van der Waals surface area (Å²) in [6, 6.07) is 14.2. The number of halogens is 4. The van der Waals surface area contributed by atoms with Crippen molar-refractivity contribution in [2.24, 2.45) is 0 Å². The Labute approximate surface area is 183 Å². The highest BCUT2D eigenvalue weighted by Crippen LogP contribution is 2.31. The van der Waals surface area contributed by atoms with Crippen LogP contribution in [0.4, 0.5) is 4.39 Å². The van der Waals surface area contributed by atoms with Crippen LogP contribution in [0.1, 0.15) is 23.7 Å². The number of rotatable bonds is 9. The van der Waals surface area contributed by atoms with Crippen LogP contribution < -0.4 is 10.1 Å². The van der Waals surface area contributed by atoms with Gasteiger partial charge >= 0.3 is 0 Å². The van der Waals surface area contributed by atoms with Crippen LogP contribution in [-0.4, -0.2) is 38.6 Å². The quantitative estimate of drug-likeness (QED) is 0.557. The smallest absolute Gasteiger partial charge is 0.143 e.